The van der Waals surface area contributed by atoms with Gasteiger partial charge in [-0.2, -0.15) is 0 Å². The van der Waals surface area contributed by atoms with Crippen molar-refractivity contribution in [2.45, 2.75) is 57.8 Å². The van der Waals surface area contributed by atoms with Gasteiger partial charge in [0.1, 0.15) is 5.82 Å². The summed E-state index contributed by atoms with van der Waals surface area (Å²) in [4.78, 5) is 19.8. The lowest BCUT2D eigenvalue weighted by Gasteiger charge is -2.28. The summed E-state index contributed by atoms with van der Waals surface area (Å²) in [5, 5.41) is 4.57. The minimum atomic E-state index is 0.0661. The van der Waals surface area contributed by atoms with Gasteiger partial charge in [0, 0.05) is 24.9 Å². The highest BCUT2D eigenvalue weighted by atomic mass is 35.5. The number of anilines is 2. The van der Waals surface area contributed by atoms with Gasteiger partial charge in [-0.15, -0.1) is 0 Å². The van der Waals surface area contributed by atoms with E-state index in [9.17, 15) is 4.79 Å². The van der Waals surface area contributed by atoms with Gasteiger partial charge in [0.2, 0.25) is 5.91 Å². The van der Waals surface area contributed by atoms with Crippen molar-refractivity contribution >= 4 is 39.9 Å². The van der Waals surface area contributed by atoms with E-state index in [1.54, 1.807) is 0 Å². The number of fused-ring (bicyclic) bond motifs is 1. The summed E-state index contributed by atoms with van der Waals surface area (Å²) in [5.41, 5.74) is 1.59. The monoisotopic (exact) mass is 385 g/mol. The Hall–Kier alpha value is -1.81. The highest BCUT2D eigenvalue weighted by molar-refractivity contribution is 6.35. The number of piperidine rings is 1. The number of halogens is 1. The van der Waals surface area contributed by atoms with Crippen molar-refractivity contribution in [3.8, 4) is 0 Å². The van der Waals surface area contributed by atoms with Crippen molar-refractivity contribution in [1.82, 2.24) is 4.98 Å². The van der Waals surface area contributed by atoms with E-state index in [1.165, 1.54) is 38.5 Å². The van der Waals surface area contributed by atoms with Crippen molar-refractivity contribution in [1.29, 1.82) is 0 Å². The van der Waals surface area contributed by atoms with Crippen LogP contribution in [0.15, 0.2) is 24.3 Å². The molecule has 1 aliphatic carbocycles. The van der Waals surface area contributed by atoms with E-state index >= 15 is 0 Å². The normalized spacial score (nSPS) is 18.6. The van der Waals surface area contributed by atoms with Gasteiger partial charge >= 0.3 is 0 Å². The largest absolute Gasteiger partial charge is 0.357 e. The first-order chi connectivity index (χ1) is 13.2. The molecule has 1 saturated heterocycles. The van der Waals surface area contributed by atoms with Crippen LogP contribution in [0.3, 0.4) is 0 Å². The number of rotatable bonds is 4. The fourth-order valence-corrected chi connectivity index (χ4v) is 4.65. The molecule has 0 radical (unpaired) electrons. The van der Waals surface area contributed by atoms with Crippen molar-refractivity contribution < 1.29 is 4.79 Å². The van der Waals surface area contributed by atoms with Gasteiger partial charge in [0.15, 0.2) is 0 Å². The first-order valence-corrected chi connectivity index (χ1v) is 10.7. The van der Waals surface area contributed by atoms with Crippen LogP contribution in [0.5, 0.6) is 0 Å². The second kappa shape index (κ2) is 8.47. The van der Waals surface area contributed by atoms with E-state index in [1.807, 2.05) is 18.2 Å². The van der Waals surface area contributed by atoms with Crippen LogP contribution in [0.4, 0.5) is 11.5 Å². The van der Waals surface area contributed by atoms with Crippen molar-refractivity contribution in [2.75, 3.05) is 23.3 Å². The van der Waals surface area contributed by atoms with Crippen LogP contribution >= 0.6 is 11.6 Å². The molecule has 0 bridgehead atoms. The smallest absolute Gasteiger partial charge is 0.224 e. The quantitative estimate of drug-likeness (QED) is 0.724. The van der Waals surface area contributed by atoms with E-state index in [0.29, 0.717) is 23.0 Å². The maximum absolute atomic E-state index is 12.6. The average molecular weight is 386 g/mol. The Bertz CT molecular complexity index is 811. The lowest BCUT2D eigenvalue weighted by atomic mass is 9.87. The minimum Gasteiger partial charge on any atom is -0.357 e. The first-order valence-electron chi connectivity index (χ1n) is 10.3. The summed E-state index contributed by atoms with van der Waals surface area (Å²) in [5.74, 6) is 1.59. The maximum Gasteiger partial charge on any atom is 0.224 e. The molecule has 1 aliphatic heterocycles. The molecule has 1 saturated carbocycles. The van der Waals surface area contributed by atoms with Crippen molar-refractivity contribution in [3.05, 3.63) is 29.3 Å². The third-order valence-electron chi connectivity index (χ3n) is 5.95. The van der Waals surface area contributed by atoms with E-state index in [4.69, 9.17) is 16.6 Å². The molecule has 2 heterocycles. The van der Waals surface area contributed by atoms with Crippen LogP contribution in [-0.2, 0) is 4.79 Å². The predicted molar refractivity (Wildman–Crippen MR) is 113 cm³/mol. The molecule has 1 N–H and O–H groups in total. The first kappa shape index (κ1) is 18.5. The molecule has 2 aliphatic rings. The number of aromatic nitrogens is 1. The third kappa shape index (κ3) is 4.37. The maximum atomic E-state index is 12.6. The van der Waals surface area contributed by atoms with Gasteiger partial charge in [-0.25, -0.2) is 4.98 Å². The van der Waals surface area contributed by atoms with E-state index in [2.05, 4.69) is 16.3 Å². The van der Waals surface area contributed by atoms with Crippen molar-refractivity contribution in [3.63, 3.8) is 0 Å². The zero-order valence-corrected chi connectivity index (χ0v) is 16.6. The molecular formula is C22H28ClN3O. The molecule has 27 heavy (non-hydrogen) atoms. The van der Waals surface area contributed by atoms with Gasteiger partial charge in [-0.05, 0) is 62.3 Å². The van der Waals surface area contributed by atoms with Gasteiger partial charge in [0.25, 0.3) is 0 Å². The summed E-state index contributed by atoms with van der Waals surface area (Å²) in [6.07, 6.45) is 10.5. The Kier molecular flexibility index (Phi) is 5.82. The van der Waals surface area contributed by atoms with E-state index in [-0.39, 0.29) is 5.91 Å². The topological polar surface area (TPSA) is 45.2 Å². The number of nitrogens with zero attached hydrogens (tertiary/aromatic N) is 2. The number of carbonyl (C=O) groups is 1. The second-order valence-electron chi connectivity index (χ2n) is 7.96. The highest BCUT2D eigenvalue weighted by Gasteiger charge is 2.19. The molecule has 4 nitrogen and oxygen atoms in total. The zero-order chi connectivity index (χ0) is 18.6. The number of benzene rings is 1. The van der Waals surface area contributed by atoms with Crippen molar-refractivity contribution in [2.24, 2.45) is 5.92 Å². The van der Waals surface area contributed by atoms with Crippen LogP contribution in [0.2, 0.25) is 5.02 Å². The molecule has 4 rings (SSSR count). The van der Waals surface area contributed by atoms with Gasteiger partial charge < -0.3 is 10.2 Å². The number of nitrogens with one attached hydrogen (secondary N) is 1. The lowest BCUT2D eigenvalue weighted by Crippen LogP contribution is -2.30. The average Bonchev–Trinajstić information content (AvgIpc) is 2.71. The Balaban J connectivity index is 1.54. The summed E-state index contributed by atoms with van der Waals surface area (Å²) in [6.45, 7) is 2.13. The second-order valence-corrected chi connectivity index (χ2v) is 8.37. The molecular weight excluding hydrogens is 358 g/mol. The third-order valence-corrected chi connectivity index (χ3v) is 6.26. The zero-order valence-electron chi connectivity index (χ0n) is 15.8. The van der Waals surface area contributed by atoms with Gasteiger partial charge in [-0.1, -0.05) is 30.9 Å². The molecule has 2 aromatic rings. The summed E-state index contributed by atoms with van der Waals surface area (Å²) in [7, 11) is 0. The molecule has 1 aromatic carbocycles. The summed E-state index contributed by atoms with van der Waals surface area (Å²) in [6, 6.07) is 7.89. The van der Waals surface area contributed by atoms with Gasteiger partial charge in [0.05, 0.1) is 16.2 Å². The van der Waals surface area contributed by atoms with Crippen LogP contribution < -0.4 is 10.2 Å². The van der Waals surface area contributed by atoms with Crippen LogP contribution in [-0.4, -0.2) is 24.0 Å². The molecule has 1 aromatic heterocycles. The number of hydrogen-bond donors (Lipinski definition) is 1. The fraction of sp³-hybridized carbons (Fsp3) is 0.545. The molecule has 0 spiro atoms. The van der Waals surface area contributed by atoms with Crippen LogP contribution in [0.1, 0.15) is 57.8 Å². The predicted octanol–water partition coefficient (Wildman–Crippen LogP) is 5.79. The van der Waals surface area contributed by atoms with E-state index in [0.717, 1.165) is 42.7 Å². The fourth-order valence-electron chi connectivity index (χ4n) is 4.44. The number of pyridine rings is 1. The number of carbonyl (C=O) groups excluding carboxylic acids is 1. The number of amides is 1. The Morgan fingerprint density at radius 3 is 2.56 bits per heavy atom. The molecule has 5 heteroatoms. The summed E-state index contributed by atoms with van der Waals surface area (Å²) >= 11 is 6.43. The highest BCUT2D eigenvalue weighted by Crippen LogP contribution is 2.33. The summed E-state index contributed by atoms with van der Waals surface area (Å²) < 4.78 is 0. The van der Waals surface area contributed by atoms with Gasteiger partial charge in [-0.3, -0.25) is 4.79 Å². The lowest BCUT2D eigenvalue weighted by molar-refractivity contribution is -0.117. The Labute approximate surface area is 166 Å². The van der Waals surface area contributed by atoms with Crippen LogP contribution in [0.25, 0.3) is 10.9 Å². The molecule has 2 fully saturated rings. The van der Waals surface area contributed by atoms with E-state index < -0.39 is 0 Å². The Morgan fingerprint density at radius 1 is 1.04 bits per heavy atom. The van der Waals surface area contributed by atoms with Crippen LogP contribution in [0, 0.1) is 5.92 Å². The Morgan fingerprint density at radius 2 is 1.78 bits per heavy atom. The molecule has 144 valence electrons. The molecule has 1 amide bonds. The number of hydrogen-bond acceptors (Lipinski definition) is 3. The SMILES string of the molecule is O=C(CC1CCCCC1)Nc1c(Cl)ccc2nc(N3CCCCC3)ccc12. The minimum absolute atomic E-state index is 0.0661. The molecule has 0 unspecified atom stereocenters. The molecule has 0 atom stereocenters. The standard InChI is InChI=1S/C22H28ClN3O/c23-18-10-11-19-17(9-12-20(24-19)26-13-5-2-6-14-26)22(18)25-21(27)15-16-7-3-1-4-8-16/h9-12,16H,1-8,13-15H2,(H,25,27).